The van der Waals surface area contributed by atoms with Crippen molar-refractivity contribution >= 4 is 0 Å². The minimum atomic E-state index is 0.132. The molecule has 0 aliphatic heterocycles. The summed E-state index contributed by atoms with van der Waals surface area (Å²) in [6.07, 6.45) is 6.69. The van der Waals surface area contributed by atoms with Gasteiger partial charge in [0, 0.05) is 6.61 Å². The maximum Gasteiger partial charge on any atom is 0.0697 e. The van der Waals surface area contributed by atoms with E-state index < -0.39 is 0 Å². The van der Waals surface area contributed by atoms with E-state index in [-0.39, 0.29) is 6.61 Å². The summed E-state index contributed by atoms with van der Waals surface area (Å²) in [6.45, 7) is 5.95. The van der Waals surface area contributed by atoms with Crippen molar-refractivity contribution in [3.05, 3.63) is 0 Å². The fraction of sp³-hybridized carbons (Fsp3) is 1.00. The van der Waals surface area contributed by atoms with Gasteiger partial charge in [-0.1, -0.05) is 26.2 Å². The topological polar surface area (TPSA) is 41.5 Å². The molecule has 3 heteroatoms. The Morgan fingerprint density at radius 1 is 1.25 bits per heavy atom. The SMILES string of the molecule is CC1CCCCC1CNCCCOCCO. The fourth-order valence-corrected chi connectivity index (χ4v) is 2.45. The summed E-state index contributed by atoms with van der Waals surface area (Å²) in [5.41, 5.74) is 0. The van der Waals surface area contributed by atoms with Crippen LogP contribution in [0.2, 0.25) is 0 Å². The lowest BCUT2D eigenvalue weighted by Gasteiger charge is -2.28. The lowest BCUT2D eigenvalue weighted by atomic mass is 9.80. The van der Waals surface area contributed by atoms with Crippen LogP contribution in [0, 0.1) is 11.8 Å². The molecule has 0 heterocycles. The minimum absolute atomic E-state index is 0.132. The molecule has 0 spiro atoms. The number of aliphatic hydroxyl groups excluding tert-OH is 1. The number of ether oxygens (including phenoxy) is 1. The highest BCUT2D eigenvalue weighted by Crippen LogP contribution is 2.28. The summed E-state index contributed by atoms with van der Waals surface area (Å²) in [4.78, 5) is 0. The van der Waals surface area contributed by atoms with Gasteiger partial charge >= 0.3 is 0 Å². The van der Waals surface area contributed by atoms with Crippen LogP contribution in [0.4, 0.5) is 0 Å². The van der Waals surface area contributed by atoms with Crippen LogP contribution < -0.4 is 5.32 Å². The molecule has 2 unspecified atom stereocenters. The second-order valence-corrected chi connectivity index (χ2v) is 4.92. The molecular weight excluding hydrogens is 202 g/mol. The number of nitrogens with one attached hydrogen (secondary N) is 1. The minimum Gasteiger partial charge on any atom is -0.394 e. The van der Waals surface area contributed by atoms with Gasteiger partial charge in [0.25, 0.3) is 0 Å². The first-order valence-electron chi connectivity index (χ1n) is 6.74. The zero-order valence-electron chi connectivity index (χ0n) is 10.6. The fourth-order valence-electron chi connectivity index (χ4n) is 2.45. The van der Waals surface area contributed by atoms with Crippen molar-refractivity contribution in [2.45, 2.75) is 39.0 Å². The van der Waals surface area contributed by atoms with E-state index in [9.17, 15) is 0 Å². The highest BCUT2D eigenvalue weighted by atomic mass is 16.5. The largest absolute Gasteiger partial charge is 0.394 e. The third kappa shape index (κ3) is 5.83. The molecule has 1 aliphatic carbocycles. The van der Waals surface area contributed by atoms with Gasteiger partial charge in [-0.05, 0) is 37.8 Å². The summed E-state index contributed by atoms with van der Waals surface area (Å²) >= 11 is 0. The third-order valence-corrected chi connectivity index (χ3v) is 3.57. The molecule has 0 amide bonds. The van der Waals surface area contributed by atoms with Gasteiger partial charge in [-0.3, -0.25) is 0 Å². The Bertz CT molecular complexity index is 164. The molecule has 0 saturated heterocycles. The summed E-state index contributed by atoms with van der Waals surface area (Å²) in [5.74, 6) is 1.78. The zero-order chi connectivity index (χ0) is 11.6. The van der Waals surface area contributed by atoms with Crippen molar-refractivity contribution in [3.8, 4) is 0 Å². The van der Waals surface area contributed by atoms with E-state index in [1.54, 1.807) is 0 Å². The molecule has 3 nitrogen and oxygen atoms in total. The summed E-state index contributed by atoms with van der Waals surface area (Å²) in [5, 5.41) is 12.0. The van der Waals surface area contributed by atoms with E-state index in [2.05, 4.69) is 12.2 Å². The summed E-state index contributed by atoms with van der Waals surface area (Å²) in [7, 11) is 0. The lowest BCUT2D eigenvalue weighted by Crippen LogP contribution is -2.30. The molecule has 1 saturated carbocycles. The molecule has 96 valence electrons. The van der Waals surface area contributed by atoms with Crippen molar-refractivity contribution in [2.24, 2.45) is 11.8 Å². The first-order chi connectivity index (χ1) is 7.84. The number of hydrogen-bond donors (Lipinski definition) is 2. The van der Waals surface area contributed by atoms with Crippen LogP contribution >= 0.6 is 0 Å². The van der Waals surface area contributed by atoms with Gasteiger partial charge in [-0.25, -0.2) is 0 Å². The van der Waals surface area contributed by atoms with Crippen LogP contribution in [0.5, 0.6) is 0 Å². The summed E-state index contributed by atoms with van der Waals surface area (Å²) < 4.78 is 5.21. The molecule has 1 rings (SSSR count). The second-order valence-electron chi connectivity index (χ2n) is 4.92. The van der Waals surface area contributed by atoms with Gasteiger partial charge in [0.2, 0.25) is 0 Å². The Morgan fingerprint density at radius 2 is 2.06 bits per heavy atom. The van der Waals surface area contributed by atoms with Gasteiger partial charge in [0.05, 0.1) is 13.2 Å². The summed E-state index contributed by atoms with van der Waals surface area (Å²) in [6, 6.07) is 0. The van der Waals surface area contributed by atoms with Crippen molar-refractivity contribution < 1.29 is 9.84 Å². The lowest BCUT2D eigenvalue weighted by molar-refractivity contribution is 0.0904. The van der Waals surface area contributed by atoms with Crippen LogP contribution in [-0.4, -0.2) is 38.0 Å². The predicted molar refractivity (Wildman–Crippen MR) is 66.5 cm³/mol. The van der Waals surface area contributed by atoms with E-state index >= 15 is 0 Å². The highest BCUT2D eigenvalue weighted by molar-refractivity contribution is 4.73. The molecule has 0 bridgehead atoms. The van der Waals surface area contributed by atoms with Crippen LogP contribution in [0.15, 0.2) is 0 Å². The molecule has 0 aromatic rings. The van der Waals surface area contributed by atoms with E-state index in [4.69, 9.17) is 9.84 Å². The number of aliphatic hydroxyl groups is 1. The van der Waals surface area contributed by atoms with Crippen LogP contribution in [-0.2, 0) is 4.74 Å². The Labute approximate surface area is 99.6 Å². The first kappa shape index (κ1) is 13.9. The Kier molecular flexibility index (Phi) is 7.81. The molecule has 0 aromatic carbocycles. The Balaban J connectivity index is 1.90. The Morgan fingerprint density at radius 3 is 2.81 bits per heavy atom. The maximum atomic E-state index is 8.53. The molecule has 1 aliphatic rings. The maximum absolute atomic E-state index is 8.53. The average Bonchev–Trinajstić information content (AvgIpc) is 2.30. The van der Waals surface area contributed by atoms with Crippen molar-refractivity contribution in [3.63, 3.8) is 0 Å². The molecule has 0 aromatic heterocycles. The van der Waals surface area contributed by atoms with Gasteiger partial charge in [-0.15, -0.1) is 0 Å². The quantitative estimate of drug-likeness (QED) is 0.624. The standard InChI is InChI=1S/C13H27NO2/c1-12-5-2-3-6-13(12)11-14-7-4-9-16-10-8-15/h12-15H,2-11H2,1H3. The molecule has 1 fully saturated rings. The normalized spacial score (nSPS) is 25.9. The number of hydrogen-bond acceptors (Lipinski definition) is 3. The number of rotatable bonds is 8. The van der Waals surface area contributed by atoms with E-state index in [0.717, 1.165) is 31.4 Å². The first-order valence-corrected chi connectivity index (χ1v) is 6.74. The van der Waals surface area contributed by atoms with E-state index in [0.29, 0.717) is 6.61 Å². The van der Waals surface area contributed by atoms with Crippen LogP contribution in [0.25, 0.3) is 0 Å². The molecular formula is C13H27NO2. The molecule has 2 atom stereocenters. The van der Waals surface area contributed by atoms with E-state index in [1.807, 2.05) is 0 Å². The van der Waals surface area contributed by atoms with Crippen LogP contribution in [0.3, 0.4) is 0 Å². The van der Waals surface area contributed by atoms with Gasteiger partial charge in [0.1, 0.15) is 0 Å². The molecule has 0 radical (unpaired) electrons. The third-order valence-electron chi connectivity index (χ3n) is 3.57. The molecule has 16 heavy (non-hydrogen) atoms. The smallest absolute Gasteiger partial charge is 0.0697 e. The van der Waals surface area contributed by atoms with Crippen molar-refractivity contribution in [1.82, 2.24) is 5.32 Å². The van der Waals surface area contributed by atoms with Gasteiger partial charge in [-0.2, -0.15) is 0 Å². The van der Waals surface area contributed by atoms with E-state index in [1.165, 1.54) is 32.2 Å². The highest BCUT2D eigenvalue weighted by Gasteiger charge is 2.20. The Hall–Kier alpha value is -0.120. The van der Waals surface area contributed by atoms with Gasteiger partial charge < -0.3 is 15.2 Å². The van der Waals surface area contributed by atoms with Crippen molar-refractivity contribution in [2.75, 3.05) is 32.9 Å². The predicted octanol–water partition coefficient (Wildman–Crippen LogP) is 1.80. The monoisotopic (exact) mass is 229 g/mol. The second kappa shape index (κ2) is 8.97. The average molecular weight is 229 g/mol. The van der Waals surface area contributed by atoms with Crippen molar-refractivity contribution in [1.29, 1.82) is 0 Å². The molecule has 2 N–H and O–H groups in total. The van der Waals surface area contributed by atoms with Gasteiger partial charge in [0.15, 0.2) is 0 Å². The van der Waals surface area contributed by atoms with Crippen LogP contribution in [0.1, 0.15) is 39.0 Å². The zero-order valence-corrected chi connectivity index (χ0v) is 10.6.